The predicted octanol–water partition coefficient (Wildman–Crippen LogP) is 3.72. The third kappa shape index (κ3) is 4.06. The molecule has 2 amide bonds. The van der Waals surface area contributed by atoms with Crippen molar-refractivity contribution < 1.29 is 19.4 Å². The van der Waals surface area contributed by atoms with Gasteiger partial charge in [-0.3, -0.25) is 4.98 Å². The van der Waals surface area contributed by atoms with Gasteiger partial charge >= 0.3 is 12.2 Å². The summed E-state index contributed by atoms with van der Waals surface area (Å²) in [7, 11) is 0. The van der Waals surface area contributed by atoms with Crippen LogP contribution in [-0.2, 0) is 4.74 Å². The molecule has 1 aromatic rings. The van der Waals surface area contributed by atoms with Gasteiger partial charge in [-0.15, -0.1) is 0 Å². The Hall–Kier alpha value is -1.38. The summed E-state index contributed by atoms with van der Waals surface area (Å²) < 4.78 is 5.76. The first kappa shape index (κ1) is 16.7. The summed E-state index contributed by atoms with van der Waals surface area (Å²) in [6, 6.07) is 1.71. The average molecular weight is 392 g/mol. The van der Waals surface area contributed by atoms with Crippen LogP contribution in [-0.4, -0.2) is 27.9 Å². The number of amides is 2. The lowest BCUT2D eigenvalue weighted by molar-refractivity contribution is 0.0581. The first-order valence-corrected chi connectivity index (χ1v) is 7.00. The Morgan fingerprint density at radius 3 is 2.30 bits per heavy atom. The van der Waals surface area contributed by atoms with Crippen molar-refractivity contribution in [2.75, 3.05) is 4.90 Å². The van der Waals surface area contributed by atoms with Crippen LogP contribution in [0.2, 0.25) is 0 Å². The highest BCUT2D eigenvalue weighted by molar-refractivity contribution is 14.1. The van der Waals surface area contributed by atoms with Crippen LogP contribution in [0.5, 0.6) is 0 Å². The minimum Gasteiger partial charge on any atom is -0.464 e. The lowest BCUT2D eigenvalue weighted by Crippen LogP contribution is -2.41. The standard InChI is InChI=1S/C13H17IN2O4/c1-7-6-9(14)10(8(2)15-7)16(11(17)18)12(19)20-13(3,4)5/h6H,1-5H3,(H,17,18). The number of carbonyl (C=O) groups is 2. The molecule has 0 spiro atoms. The molecule has 0 radical (unpaired) electrons. The van der Waals surface area contributed by atoms with E-state index in [9.17, 15) is 14.7 Å². The van der Waals surface area contributed by atoms with E-state index >= 15 is 0 Å². The number of hydrogen-bond acceptors (Lipinski definition) is 4. The van der Waals surface area contributed by atoms with Crippen molar-refractivity contribution >= 4 is 40.5 Å². The van der Waals surface area contributed by atoms with E-state index in [1.807, 2.05) is 22.6 Å². The second-order valence-electron chi connectivity index (χ2n) is 5.28. The van der Waals surface area contributed by atoms with Gasteiger partial charge in [0.15, 0.2) is 0 Å². The molecule has 0 aliphatic carbocycles. The smallest absolute Gasteiger partial charge is 0.424 e. The zero-order valence-corrected chi connectivity index (χ0v) is 14.2. The molecule has 0 fully saturated rings. The van der Waals surface area contributed by atoms with Crippen LogP contribution in [0.3, 0.4) is 0 Å². The summed E-state index contributed by atoms with van der Waals surface area (Å²) in [4.78, 5) is 28.3. The second-order valence-corrected chi connectivity index (χ2v) is 6.44. The molecule has 6 nitrogen and oxygen atoms in total. The molecule has 110 valence electrons. The summed E-state index contributed by atoms with van der Waals surface area (Å²) in [5.41, 5.74) is 0.674. The van der Waals surface area contributed by atoms with E-state index in [0.717, 1.165) is 5.69 Å². The summed E-state index contributed by atoms with van der Waals surface area (Å²) in [5, 5.41) is 9.31. The van der Waals surface area contributed by atoms with Gasteiger partial charge in [0.05, 0.1) is 11.4 Å². The van der Waals surface area contributed by atoms with Crippen molar-refractivity contribution in [3.05, 3.63) is 21.0 Å². The zero-order valence-electron chi connectivity index (χ0n) is 12.0. The van der Waals surface area contributed by atoms with E-state index < -0.39 is 17.8 Å². The van der Waals surface area contributed by atoms with Crippen LogP contribution < -0.4 is 4.90 Å². The Labute approximate surface area is 131 Å². The minimum absolute atomic E-state index is 0.234. The van der Waals surface area contributed by atoms with Gasteiger partial charge in [0.2, 0.25) is 0 Å². The fourth-order valence-corrected chi connectivity index (χ4v) is 2.70. The number of halogens is 1. The van der Waals surface area contributed by atoms with Gasteiger partial charge in [-0.05, 0) is 63.3 Å². The van der Waals surface area contributed by atoms with Crippen molar-refractivity contribution in [3.8, 4) is 0 Å². The molecule has 1 heterocycles. The molecule has 0 aromatic carbocycles. The lowest BCUT2D eigenvalue weighted by atomic mass is 10.2. The number of rotatable bonds is 1. The minimum atomic E-state index is -1.40. The molecule has 0 aliphatic rings. The molecule has 0 bridgehead atoms. The molecule has 0 unspecified atom stereocenters. The number of pyridine rings is 1. The molecule has 0 saturated carbocycles. The molecule has 7 heteroatoms. The quantitative estimate of drug-likeness (QED) is 0.737. The first-order chi connectivity index (χ1) is 9.03. The highest BCUT2D eigenvalue weighted by Gasteiger charge is 2.31. The Morgan fingerprint density at radius 1 is 1.35 bits per heavy atom. The predicted molar refractivity (Wildman–Crippen MR) is 83.2 cm³/mol. The fraction of sp³-hybridized carbons (Fsp3) is 0.462. The summed E-state index contributed by atoms with van der Waals surface area (Å²) >= 11 is 1.98. The van der Waals surface area contributed by atoms with Crippen molar-refractivity contribution in [2.24, 2.45) is 0 Å². The lowest BCUT2D eigenvalue weighted by Gasteiger charge is -2.25. The number of imide groups is 1. The summed E-state index contributed by atoms with van der Waals surface area (Å²) in [5.74, 6) is 0. The number of carboxylic acid groups (broad SMARTS) is 1. The first-order valence-electron chi connectivity index (χ1n) is 5.92. The highest BCUT2D eigenvalue weighted by Crippen LogP contribution is 2.28. The Bertz CT molecular complexity index is 529. The number of nitrogens with zero attached hydrogens (tertiary/aromatic N) is 2. The molecule has 20 heavy (non-hydrogen) atoms. The van der Waals surface area contributed by atoms with Crippen LogP contribution in [0.4, 0.5) is 15.3 Å². The largest absolute Gasteiger partial charge is 0.464 e. The third-order valence-corrected chi connectivity index (χ3v) is 3.06. The van der Waals surface area contributed by atoms with Gasteiger partial charge in [-0.25, -0.2) is 9.59 Å². The molecule has 1 N–H and O–H groups in total. The zero-order chi connectivity index (χ0) is 15.7. The van der Waals surface area contributed by atoms with Crippen molar-refractivity contribution in [1.29, 1.82) is 0 Å². The van der Waals surface area contributed by atoms with Gasteiger partial charge in [-0.1, -0.05) is 0 Å². The molecule has 1 aromatic heterocycles. The van der Waals surface area contributed by atoms with E-state index in [2.05, 4.69) is 4.98 Å². The van der Waals surface area contributed by atoms with E-state index in [1.54, 1.807) is 40.7 Å². The SMILES string of the molecule is Cc1cc(I)c(N(C(=O)O)C(=O)OC(C)(C)C)c(C)n1. The van der Waals surface area contributed by atoms with Gasteiger partial charge in [-0.2, -0.15) is 4.90 Å². The number of hydrogen-bond donors (Lipinski definition) is 1. The summed E-state index contributed by atoms with van der Waals surface area (Å²) in [6.45, 7) is 8.49. The highest BCUT2D eigenvalue weighted by atomic mass is 127. The van der Waals surface area contributed by atoms with Crippen LogP contribution in [0.15, 0.2) is 6.07 Å². The molecular weight excluding hydrogens is 375 g/mol. The second kappa shape index (κ2) is 5.94. The number of carbonyl (C=O) groups excluding carboxylic acids is 1. The maximum absolute atomic E-state index is 12.1. The molecule has 0 atom stereocenters. The monoisotopic (exact) mass is 392 g/mol. The Morgan fingerprint density at radius 2 is 1.90 bits per heavy atom. The topological polar surface area (TPSA) is 79.7 Å². The van der Waals surface area contributed by atoms with E-state index in [-0.39, 0.29) is 5.69 Å². The average Bonchev–Trinajstić information content (AvgIpc) is 2.19. The van der Waals surface area contributed by atoms with Crippen LogP contribution in [0, 0.1) is 17.4 Å². The van der Waals surface area contributed by atoms with E-state index in [0.29, 0.717) is 14.2 Å². The third-order valence-electron chi connectivity index (χ3n) is 2.24. The van der Waals surface area contributed by atoms with Crippen molar-refractivity contribution in [1.82, 2.24) is 4.98 Å². The Kier molecular flexibility index (Phi) is 4.95. The van der Waals surface area contributed by atoms with Crippen molar-refractivity contribution in [2.45, 2.75) is 40.2 Å². The van der Waals surface area contributed by atoms with Crippen molar-refractivity contribution in [3.63, 3.8) is 0 Å². The maximum atomic E-state index is 12.1. The summed E-state index contributed by atoms with van der Waals surface area (Å²) in [6.07, 6.45) is -2.33. The number of aryl methyl sites for hydroxylation is 2. The van der Waals surface area contributed by atoms with Crippen LogP contribution >= 0.6 is 22.6 Å². The fourth-order valence-electron chi connectivity index (χ4n) is 1.62. The molecular formula is C13H17IN2O4. The maximum Gasteiger partial charge on any atom is 0.424 e. The van der Waals surface area contributed by atoms with Gasteiger partial charge in [0, 0.05) is 9.26 Å². The van der Waals surface area contributed by atoms with Gasteiger partial charge < -0.3 is 9.84 Å². The van der Waals surface area contributed by atoms with Crippen LogP contribution in [0.25, 0.3) is 0 Å². The van der Waals surface area contributed by atoms with Gasteiger partial charge in [0.1, 0.15) is 5.60 Å². The number of anilines is 1. The molecule has 0 saturated heterocycles. The van der Waals surface area contributed by atoms with Gasteiger partial charge in [0.25, 0.3) is 0 Å². The molecule has 0 aliphatic heterocycles. The number of ether oxygens (including phenoxy) is 1. The molecule has 1 rings (SSSR count). The normalized spacial score (nSPS) is 11.1. The number of aromatic nitrogens is 1. The Balaban J connectivity index is 3.29. The van der Waals surface area contributed by atoms with E-state index in [4.69, 9.17) is 4.74 Å². The van der Waals surface area contributed by atoms with E-state index in [1.165, 1.54) is 0 Å². The van der Waals surface area contributed by atoms with Crippen LogP contribution in [0.1, 0.15) is 32.2 Å².